The van der Waals surface area contributed by atoms with Gasteiger partial charge in [0, 0.05) is 36.3 Å². The minimum absolute atomic E-state index is 0.143. The van der Waals surface area contributed by atoms with Gasteiger partial charge in [-0.05, 0) is 75.3 Å². The largest absolute Gasteiger partial charge is 0.490 e. The molecule has 2 heterocycles. The molecule has 2 unspecified atom stereocenters. The number of carbonyl (C=O) groups excluding carboxylic acids is 2. The predicted octanol–water partition coefficient (Wildman–Crippen LogP) is 4.45. The monoisotopic (exact) mass is 613 g/mol. The number of nitrogens with zero attached hydrogens (tertiary/aromatic N) is 2. The summed E-state index contributed by atoms with van der Waals surface area (Å²) in [5.74, 6) is -4.57. The molecule has 236 valence electrons. The second-order valence-electron chi connectivity index (χ2n) is 11.6. The first-order chi connectivity index (χ1) is 20.0. The first kappa shape index (κ1) is 33.9. The second kappa shape index (κ2) is 13.8. The molecule has 2 aliphatic rings. The minimum Gasteiger partial charge on any atom is -0.475 e. The first-order valence-electron chi connectivity index (χ1n) is 13.8. The number of alkyl halides is 3. The van der Waals surface area contributed by atoms with Crippen LogP contribution in [0.5, 0.6) is 0 Å². The molecule has 2 fully saturated rings. The average molecular weight is 614 g/mol. The predicted molar refractivity (Wildman–Crippen MR) is 147 cm³/mol. The lowest BCUT2D eigenvalue weighted by Gasteiger charge is -2.41. The van der Waals surface area contributed by atoms with Crippen LogP contribution in [-0.4, -0.2) is 75.8 Å². The molecule has 0 radical (unpaired) electrons. The number of benzene rings is 2. The Balaban J connectivity index is 0.000000646. The standard InChI is InChI=1S/C28H35F2N3O3.C2HF3O2/c1-28(2,17-34)27(36)32(16-23-24(29)7-4-8-25(23)30)11-12-33-21-9-10-22(33)15-20(14-21)18-5-3-6-19(13-18)26(31)35;3-2(4,5)1(6)7/h3-8,13,20-22,34H,9-12,14-17H2,1-2H3,(H2,31,35);(H,6,7). The van der Waals surface area contributed by atoms with E-state index >= 15 is 0 Å². The zero-order valence-electron chi connectivity index (χ0n) is 23.9. The highest BCUT2D eigenvalue weighted by Gasteiger charge is 2.42. The molecule has 4 N–H and O–H groups in total. The normalized spacial score (nSPS) is 20.2. The van der Waals surface area contributed by atoms with Gasteiger partial charge in [-0.15, -0.1) is 0 Å². The number of fused-ring (bicyclic) bond motifs is 2. The van der Waals surface area contributed by atoms with E-state index in [0.717, 1.165) is 31.2 Å². The molecule has 0 aromatic heterocycles. The summed E-state index contributed by atoms with van der Waals surface area (Å²) < 4.78 is 60.5. The van der Waals surface area contributed by atoms with E-state index in [1.54, 1.807) is 19.9 Å². The fraction of sp³-hybridized carbons (Fsp3) is 0.500. The molecule has 8 nitrogen and oxygen atoms in total. The van der Waals surface area contributed by atoms with E-state index in [2.05, 4.69) is 4.90 Å². The van der Waals surface area contributed by atoms with Crippen molar-refractivity contribution in [2.75, 3.05) is 19.7 Å². The Morgan fingerprint density at radius 2 is 1.53 bits per heavy atom. The number of primary amides is 1. The molecule has 43 heavy (non-hydrogen) atoms. The number of aliphatic hydroxyl groups excluding tert-OH is 1. The molecule has 2 aliphatic heterocycles. The van der Waals surface area contributed by atoms with Crippen molar-refractivity contribution >= 4 is 17.8 Å². The Labute approximate surface area is 246 Å². The third kappa shape index (κ3) is 8.50. The van der Waals surface area contributed by atoms with Gasteiger partial charge >= 0.3 is 12.1 Å². The summed E-state index contributed by atoms with van der Waals surface area (Å²) in [6, 6.07) is 11.9. The highest BCUT2D eigenvalue weighted by atomic mass is 19.4. The number of halogens is 5. The zero-order valence-corrected chi connectivity index (χ0v) is 23.9. The number of aliphatic carboxylic acids is 1. The number of hydrogen-bond acceptors (Lipinski definition) is 5. The molecule has 2 aromatic carbocycles. The zero-order chi connectivity index (χ0) is 32.1. The molecule has 13 heteroatoms. The maximum absolute atomic E-state index is 14.4. The number of rotatable bonds is 9. The summed E-state index contributed by atoms with van der Waals surface area (Å²) in [6.07, 6.45) is -1.10. The summed E-state index contributed by atoms with van der Waals surface area (Å²) >= 11 is 0. The number of carbonyl (C=O) groups is 3. The van der Waals surface area contributed by atoms with Gasteiger partial charge in [-0.3, -0.25) is 14.5 Å². The van der Waals surface area contributed by atoms with Crippen molar-refractivity contribution in [3.05, 3.63) is 70.8 Å². The van der Waals surface area contributed by atoms with Crippen LogP contribution in [0.1, 0.15) is 66.9 Å². The van der Waals surface area contributed by atoms with Crippen LogP contribution < -0.4 is 5.73 Å². The van der Waals surface area contributed by atoms with Gasteiger partial charge in [0.25, 0.3) is 0 Å². The van der Waals surface area contributed by atoms with E-state index in [1.807, 2.05) is 18.2 Å². The van der Waals surface area contributed by atoms with E-state index in [1.165, 1.54) is 23.1 Å². The van der Waals surface area contributed by atoms with Crippen molar-refractivity contribution in [2.24, 2.45) is 11.1 Å². The van der Waals surface area contributed by atoms with E-state index in [0.29, 0.717) is 36.7 Å². The van der Waals surface area contributed by atoms with E-state index in [-0.39, 0.29) is 24.6 Å². The minimum atomic E-state index is -5.08. The van der Waals surface area contributed by atoms with Crippen molar-refractivity contribution in [3.8, 4) is 0 Å². The van der Waals surface area contributed by atoms with Crippen molar-refractivity contribution < 1.29 is 46.5 Å². The molecule has 0 spiro atoms. The Bertz CT molecular complexity index is 1290. The van der Waals surface area contributed by atoms with Crippen LogP contribution >= 0.6 is 0 Å². The number of nitrogens with two attached hydrogens (primary N) is 1. The molecule has 2 bridgehead atoms. The van der Waals surface area contributed by atoms with E-state index in [4.69, 9.17) is 15.6 Å². The molecule has 0 aliphatic carbocycles. The van der Waals surface area contributed by atoms with Crippen LogP contribution in [0, 0.1) is 17.0 Å². The van der Waals surface area contributed by atoms with E-state index < -0.39 is 35.1 Å². The summed E-state index contributed by atoms with van der Waals surface area (Å²) in [5, 5.41) is 16.9. The lowest BCUT2D eigenvalue weighted by Crippen LogP contribution is -2.49. The lowest BCUT2D eigenvalue weighted by molar-refractivity contribution is -0.192. The summed E-state index contributed by atoms with van der Waals surface area (Å²) in [7, 11) is 0. The summed E-state index contributed by atoms with van der Waals surface area (Å²) in [4.78, 5) is 37.7. The third-order valence-electron chi connectivity index (χ3n) is 8.07. The molecule has 2 amide bonds. The molecule has 0 saturated carbocycles. The summed E-state index contributed by atoms with van der Waals surface area (Å²) in [5.41, 5.74) is 5.91. The SMILES string of the molecule is CC(C)(CO)C(=O)N(CCN1C2CCC1CC(c1cccc(C(N)=O)c1)C2)Cc1c(F)cccc1F.O=C(O)C(F)(F)F. The van der Waals surface area contributed by atoms with Crippen LogP contribution in [-0.2, 0) is 16.1 Å². The van der Waals surface area contributed by atoms with Crippen LogP contribution in [0.3, 0.4) is 0 Å². The third-order valence-corrected chi connectivity index (χ3v) is 8.07. The second-order valence-corrected chi connectivity index (χ2v) is 11.6. The number of aliphatic hydroxyl groups is 1. The van der Waals surface area contributed by atoms with Gasteiger partial charge in [0.1, 0.15) is 11.6 Å². The number of carboxylic acid groups (broad SMARTS) is 1. The average Bonchev–Trinajstić information content (AvgIpc) is 3.17. The maximum atomic E-state index is 14.4. The molecule has 2 aromatic rings. The highest BCUT2D eigenvalue weighted by Crippen LogP contribution is 2.43. The number of piperidine rings is 1. The van der Waals surface area contributed by atoms with Crippen molar-refractivity contribution in [1.29, 1.82) is 0 Å². The van der Waals surface area contributed by atoms with Gasteiger partial charge < -0.3 is 20.8 Å². The van der Waals surface area contributed by atoms with Gasteiger partial charge in [0.05, 0.1) is 18.6 Å². The van der Waals surface area contributed by atoms with Gasteiger partial charge in [0.2, 0.25) is 11.8 Å². The summed E-state index contributed by atoms with van der Waals surface area (Å²) in [6.45, 7) is 3.62. The Kier molecular flexibility index (Phi) is 10.9. The lowest BCUT2D eigenvalue weighted by atomic mass is 9.84. The first-order valence-corrected chi connectivity index (χ1v) is 13.8. The highest BCUT2D eigenvalue weighted by molar-refractivity contribution is 5.92. The quantitative estimate of drug-likeness (QED) is 0.359. The van der Waals surface area contributed by atoms with Crippen LogP contribution in [0.4, 0.5) is 22.0 Å². The Hall–Kier alpha value is -3.58. The fourth-order valence-corrected chi connectivity index (χ4v) is 5.72. The number of carboxylic acids is 1. The van der Waals surface area contributed by atoms with E-state index in [9.17, 15) is 36.6 Å². The van der Waals surface area contributed by atoms with Gasteiger partial charge in [-0.25, -0.2) is 13.6 Å². The Morgan fingerprint density at radius 3 is 2.02 bits per heavy atom. The smallest absolute Gasteiger partial charge is 0.475 e. The topological polar surface area (TPSA) is 124 Å². The molecular formula is C30H36F5N3O5. The van der Waals surface area contributed by atoms with Gasteiger partial charge in [0.15, 0.2) is 0 Å². The fourth-order valence-electron chi connectivity index (χ4n) is 5.72. The Morgan fingerprint density at radius 1 is 1.00 bits per heavy atom. The maximum Gasteiger partial charge on any atom is 0.490 e. The molecular weight excluding hydrogens is 577 g/mol. The number of hydrogen-bond donors (Lipinski definition) is 3. The van der Waals surface area contributed by atoms with Gasteiger partial charge in [-0.1, -0.05) is 18.2 Å². The van der Waals surface area contributed by atoms with Crippen LogP contribution in [0.15, 0.2) is 42.5 Å². The van der Waals surface area contributed by atoms with Crippen molar-refractivity contribution in [1.82, 2.24) is 9.80 Å². The van der Waals surface area contributed by atoms with Crippen LogP contribution in [0.2, 0.25) is 0 Å². The molecule has 2 atom stereocenters. The van der Waals surface area contributed by atoms with Crippen LogP contribution in [0.25, 0.3) is 0 Å². The molecule has 2 saturated heterocycles. The van der Waals surface area contributed by atoms with Gasteiger partial charge in [-0.2, -0.15) is 13.2 Å². The number of amides is 2. The molecule has 4 rings (SSSR count). The van der Waals surface area contributed by atoms with Crippen molar-refractivity contribution in [2.45, 2.75) is 70.3 Å². The van der Waals surface area contributed by atoms with Crippen molar-refractivity contribution in [3.63, 3.8) is 0 Å².